The number of piperidine rings is 1. The van der Waals surface area contributed by atoms with Crippen LogP contribution in [-0.2, 0) is 6.42 Å². The smallest absolute Gasteiger partial charge is 0.161 e. The predicted octanol–water partition coefficient (Wildman–Crippen LogP) is 3.26. The first-order valence-electron chi connectivity index (χ1n) is 9.82. The maximum atomic E-state index is 9.48. The zero-order chi connectivity index (χ0) is 21.3. The highest BCUT2D eigenvalue weighted by Crippen LogP contribution is 2.35. The lowest BCUT2D eigenvalue weighted by Gasteiger charge is -2.31. The standard InChI is InChI=1S/C22H23ClN6O/c1-30-19-5-2-13(10-17(19)23)11-18-16-4-3-14(12-24)21(26)20(16)22(28-27-18)29-8-6-15(25)7-9-29/h2-5,10,15H,6-9,11,25-26H2,1H3. The van der Waals surface area contributed by atoms with Crippen molar-refractivity contribution < 1.29 is 4.74 Å². The van der Waals surface area contributed by atoms with E-state index in [1.807, 2.05) is 24.3 Å². The maximum absolute atomic E-state index is 9.48. The van der Waals surface area contributed by atoms with Gasteiger partial charge in [0.2, 0.25) is 0 Å². The SMILES string of the molecule is COc1ccc(Cc2nnc(N3CCC(N)CC3)c3c(N)c(C#N)ccc23)cc1Cl. The third kappa shape index (κ3) is 3.72. The van der Waals surface area contributed by atoms with E-state index in [1.54, 1.807) is 13.2 Å². The number of rotatable bonds is 4. The number of benzene rings is 2. The first-order chi connectivity index (χ1) is 14.5. The van der Waals surface area contributed by atoms with Crippen LogP contribution >= 0.6 is 11.6 Å². The van der Waals surface area contributed by atoms with Gasteiger partial charge in [0.1, 0.15) is 11.8 Å². The minimum atomic E-state index is 0.201. The van der Waals surface area contributed by atoms with Crippen LogP contribution in [0, 0.1) is 11.3 Å². The molecule has 4 rings (SSSR count). The van der Waals surface area contributed by atoms with E-state index in [4.69, 9.17) is 27.8 Å². The highest BCUT2D eigenvalue weighted by atomic mass is 35.5. The molecule has 154 valence electrons. The summed E-state index contributed by atoms with van der Waals surface area (Å²) in [5, 5.41) is 20.7. The number of halogens is 1. The van der Waals surface area contributed by atoms with Crippen molar-refractivity contribution in [1.82, 2.24) is 10.2 Å². The Bertz CT molecular complexity index is 1130. The van der Waals surface area contributed by atoms with Crippen LogP contribution in [0.4, 0.5) is 11.5 Å². The molecule has 1 aliphatic heterocycles. The monoisotopic (exact) mass is 422 g/mol. The van der Waals surface area contributed by atoms with Gasteiger partial charge in [-0.3, -0.25) is 0 Å². The number of hydrogen-bond donors (Lipinski definition) is 2. The van der Waals surface area contributed by atoms with Crippen molar-refractivity contribution in [2.24, 2.45) is 5.73 Å². The minimum Gasteiger partial charge on any atom is -0.495 e. The Hall–Kier alpha value is -3.08. The number of nitrogens with zero attached hydrogens (tertiary/aromatic N) is 4. The summed E-state index contributed by atoms with van der Waals surface area (Å²) in [5.41, 5.74) is 15.1. The minimum absolute atomic E-state index is 0.201. The first-order valence-corrected chi connectivity index (χ1v) is 10.2. The largest absolute Gasteiger partial charge is 0.495 e. The van der Waals surface area contributed by atoms with Gasteiger partial charge in [0.25, 0.3) is 0 Å². The molecule has 7 nitrogen and oxygen atoms in total. The summed E-state index contributed by atoms with van der Waals surface area (Å²) in [4.78, 5) is 2.16. The van der Waals surface area contributed by atoms with Gasteiger partial charge in [0, 0.05) is 30.9 Å². The molecule has 0 atom stereocenters. The molecular formula is C22H23ClN6O. The number of aromatic nitrogens is 2. The van der Waals surface area contributed by atoms with E-state index in [-0.39, 0.29) is 6.04 Å². The molecule has 1 saturated heterocycles. The van der Waals surface area contributed by atoms with Crippen molar-refractivity contribution in [1.29, 1.82) is 5.26 Å². The second kappa shape index (κ2) is 8.34. The zero-order valence-corrected chi connectivity index (χ0v) is 17.5. The molecule has 0 bridgehead atoms. The van der Waals surface area contributed by atoms with Crippen LogP contribution in [0.25, 0.3) is 10.8 Å². The highest BCUT2D eigenvalue weighted by molar-refractivity contribution is 6.32. The molecule has 1 fully saturated rings. The highest BCUT2D eigenvalue weighted by Gasteiger charge is 2.23. The van der Waals surface area contributed by atoms with E-state index in [0.29, 0.717) is 34.3 Å². The summed E-state index contributed by atoms with van der Waals surface area (Å²) < 4.78 is 5.23. The van der Waals surface area contributed by atoms with Crippen molar-refractivity contribution in [3.63, 3.8) is 0 Å². The lowest BCUT2D eigenvalue weighted by molar-refractivity contribution is 0.415. The summed E-state index contributed by atoms with van der Waals surface area (Å²) in [6.07, 6.45) is 2.30. The lowest BCUT2D eigenvalue weighted by Crippen LogP contribution is -2.40. The molecule has 8 heteroatoms. The van der Waals surface area contributed by atoms with Crippen LogP contribution in [-0.4, -0.2) is 36.4 Å². The Morgan fingerprint density at radius 1 is 1.23 bits per heavy atom. The van der Waals surface area contributed by atoms with Gasteiger partial charge in [-0.25, -0.2) is 0 Å². The fourth-order valence-electron chi connectivity index (χ4n) is 3.89. The van der Waals surface area contributed by atoms with Crippen LogP contribution < -0.4 is 21.1 Å². The van der Waals surface area contributed by atoms with Crippen LogP contribution in [0.3, 0.4) is 0 Å². The number of nitriles is 1. The molecule has 2 aromatic carbocycles. The predicted molar refractivity (Wildman–Crippen MR) is 119 cm³/mol. The van der Waals surface area contributed by atoms with Crippen molar-refractivity contribution in [3.8, 4) is 11.8 Å². The molecular weight excluding hydrogens is 400 g/mol. The summed E-state index contributed by atoms with van der Waals surface area (Å²) in [5.74, 6) is 1.33. The Kier molecular flexibility index (Phi) is 5.62. The Balaban J connectivity index is 1.80. The van der Waals surface area contributed by atoms with E-state index in [2.05, 4.69) is 21.2 Å². The normalized spacial score (nSPS) is 14.7. The molecule has 1 aromatic heterocycles. The number of nitrogens with two attached hydrogens (primary N) is 2. The van der Waals surface area contributed by atoms with Gasteiger partial charge in [-0.2, -0.15) is 10.4 Å². The summed E-state index contributed by atoms with van der Waals surface area (Å²) in [7, 11) is 1.58. The van der Waals surface area contributed by atoms with Crippen molar-refractivity contribution >= 4 is 33.9 Å². The molecule has 0 amide bonds. The number of hydrogen-bond acceptors (Lipinski definition) is 7. The molecule has 30 heavy (non-hydrogen) atoms. The average Bonchev–Trinajstić information content (AvgIpc) is 2.75. The molecule has 1 aliphatic rings. The van der Waals surface area contributed by atoms with E-state index in [9.17, 15) is 5.26 Å². The Morgan fingerprint density at radius 3 is 2.67 bits per heavy atom. The summed E-state index contributed by atoms with van der Waals surface area (Å²) in [6.45, 7) is 1.57. The molecule has 0 saturated carbocycles. The number of fused-ring (bicyclic) bond motifs is 1. The summed E-state index contributed by atoms with van der Waals surface area (Å²) in [6, 6.07) is 11.7. The Morgan fingerprint density at radius 2 is 2.00 bits per heavy atom. The molecule has 0 aliphatic carbocycles. The second-order valence-electron chi connectivity index (χ2n) is 7.50. The fraction of sp³-hybridized carbons (Fsp3) is 0.318. The van der Waals surface area contributed by atoms with Gasteiger partial charge in [0.05, 0.1) is 34.5 Å². The average molecular weight is 423 g/mol. The van der Waals surface area contributed by atoms with E-state index >= 15 is 0 Å². The summed E-state index contributed by atoms with van der Waals surface area (Å²) >= 11 is 6.28. The topological polar surface area (TPSA) is 114 Å². The van der Waals surface area contributed by atoms with Gasteiger partial charge in [0.15, 0.2) is 5.82 Å². The fourth-order valence-corrected chi connectivity index (χ4v) is 4.17. The molecule has 3 aromatic rings. The molecule has 0 spiro atoms. The van der Waals surface area contributed by atoms with Gasteiger partial charge >= 0.3 is 0 Å². The maximum Gasteiger partial charge on any atom is 0.161 e. The lowest BCUT2D eigenvalue weighted by atomic mass is 9.99. The van der Waals surface area contributed by atoms with Crippen LogP contribution in [0.1, 0.15) is 29.7 Å². The zero-order valence-electron chi connectivity index (χ0n) is 16.7. The Labute approximate surface area is 180 Å². The molecule has 0 unspecified atom stereocenters. The first kappa shape index (κ1) is 20.2. The number of anilines is 2. The second-order valence-corrected chi connectivity index (χ2v) is 7.91. The van der Waals surface area contributed by atoms with Crippen LogP contribution in [0.2, 0.25) is 5.02 Å². The van der Waals surface area contributed by atoms with Crippen molar-refractivity contribution in [2.75, 3.05) is 30.8 Å². The molecule has 2 heterocycles. The molecule has 0 radical (unpaired) electrons. The van der Waals surface area contributed by atoms with E-state index in [1.165, 1.54) is 0 Å². The van der Waals surface area contributed by atoms with E-state index < -0.39 is 0 Å². The number of methoxy groups -OCH3 is 1. The van der Waals surface area contributed by atoms with Crippen molar-refractivity contribution in [2.45, 2.75) is 25.3 Å². The van der Waals surface area contributed by atoms with Crippen molar-refractivity contribution in [3.05, 3.63) is 52.2 Å². The third-order valence-electron chi connectivity index (χ3n) is 5.59. The van der Waals surface area contributed by atoms with E-state index in [0.717, 1.165) is 48.0 Å². The quantitative estimate of drug-likeness (QED) is 0.620. The molecule has 4 N–H and O–H groups in total. The van der Waals surface area contributed by atoms with Gasteiger partial charge in [-0.15, -0.1) is 5.10 Å². The third-order valence-corrected chi connectivity index (χ3v) is 5.89. The van der Waals surface area contributed by atoms with Crippen LogP contribution in [0.5, 0.6) is 5.75 Å². The number of ether oxygens (including phenoxy) is 1. The van der Waals surface area contributed by atoms with Gasteiger partial charge in [-0.1, -0.05) is 23.7 Å². The van der Waals surface area contributed by atoms with Gasteiger partial charge in [-0.05, 0) is 36.6 Å². The van der Waals surface area contributed by atoms with Crippen LogP contribution in [0.15, 0.2) is 30.3 Å². The number of nitrogen functional groups attached to an aromatic ring is 1. The van der Waals surface area contributed by atoms with Gasteiger partial charge < -0.3 is 21.1 Å².